The molecule has 0 amide bonds. The van der Waals surface area contributed by atoms with E-state index >= 15 is 0 Å². The van der Waals surface area contributed by atoms with Crippen molar-refractivity contribution in [3.8, 4) is 0 Å². The molecule has 2 aromatic carbocycles. The first-order chi connectivity index (χ1) is 12.1. The van der Waals surface area contributed by atoms with Crippen LogP contribution in [0, 0.1) is 0 Å². The van der Waals surface area contributed by atoms with E-state index in [0.29, 0.717) is 12.8 Å². The lowest BCUT2D eigenvalue weighted by Crippen LogP contribution is -1.99. The SMILES string of the molecule is CCCCC/C=C/CC(O)c1cccc2ccc(CCC(=O)O)cc12. The maximum absolute atomic E-state index is 10.8. The molecule has 0 aliphatic heterocycles. The van der Waals surface area contributed by atoms with Crippen molar-refractivity contribution in [2.24, 2.45) is 0 Å². The second kappa shape index (κ2) is 10.00. The van der Waals surface area contributed by atoms with Crippen LogP contribution in [-0.2, 0) is 11.2 Å². The molecule has 3 heteroatoms. The van der Waals surface area contributed by atoms with Gasteiger partial charge in [0.25, 0.3) is 0 Å². The molecule has 0 heterocycles. The Balaban J connectivity index is 2.10. The standard InChI is InChI=1S/C22H28O3/c1-2-3-4-5-6-7-11-21(23)19-10-8-9-18-14-12-17(16-20(18)19)13-15-22(24)25/h6-10,12,14,16,21,23H,2-5,11,13,15H2,1H3,(H,24,25)/b7-6+. The molecule has 2 aromatic rings. The minimum Gasteiger partial charge on any atom is -0.481 e. The van der Waals surface area contributed by atoms with E-state index in [1.165, 1.54) is 19.3 Å². The second-order valence-corrected chi connectivity index (χ2v) is 6.52. The number of aliphatic hydroxyl groups excluding tert-OH is 1. The normalized spacial score (nSPS) is 12.7. The molecule has 2 N–H and O–H groups in total. The first-order valence-electron chi connectivity index (χ1n) is 9.18. The lowest BCUT2D eigenvalue weighted by atomic mass is 9.96. The average Bonchev–Trinajstić information content (AvgIpc) is 2.62. The summed E-state index contributed by atoms with van der Waals surface area (Å²) in [4.78, 5) is 10.8. The van der Waals surface area contributed by atoms with Crippen LogP contribution in [0.25, 0.3) is 10.8 Å². The van der Waals surface area contributed by atoms with Gasteiger partial charge in [-0.05, 0) is 47.6 Å². The summed E-state index contributed by atoms with van der Waals surface area (Å²) in [5.41, 5.74) is 1.90. The van der Waals surface area contributed by atoms with Gasteiger partial charge in [0.05, 0.1) is 6.10 Å². The van der Waals surface area contributed by atoms with Crippen LogP contribution in [0.3, 0.4) is 0 Å². The maximum Gasteiger partial charge on any atom is 0.303 e. The first-order valence-corrected chi connectivity index (χ1v) is 9.18. The van der Waals surface area contributed by atoms with Gasteiger partial charge in [-0.3, -0.25) is 4.79 Å². The number of aliphatic hydroxyl groups is 1. The molecule has 2 rings (SSSR count). The van der Waals surface area contributed by atoms with Gasteiger partial charge in [-0.15, -0.1) is 0 Å². The van der Waals surface area contributed by atoms with Gasteiger partial charge in [-0.25, -0.2) is 0 Å². The first kappa shape index (κ1) is 19.2. The van der Waals surface area contributed by atoms with Gasteiger partial charge in [0, 0.05) is 6.42 Å². The van der Waals surface area contributed by atoms with Crippen molar-refractivity contribution in [2.45, 2.75) is 58.0 Å². The summed E-state index contributed by atoms with van der Waals surface area (Å²) in [6.07, 6.45) is 9.64. The molecule has 0 fully saturated rings. The number of unbranched alkanes of at least 4 members (excludes halogenated alkanes) is 3. The fourth-order valence-electron chi connectivity index (χ4n) is 3.02. The zero-order valence-electron chi connectivity index (χ0n) is 14.9. The van der Waals surface area contributed by atoms with E-state index in [9.17, 15) is 9.90 Å². The molecule has 25 heavy (non-hydrogen) atoms. The largest absolute Gasteiger partial charge is 0.481 e. The molecular formula is C22H28O3. The molecule has 0 aliphatic carbocycles. The number of aliphatic carboxylic acids is 1. The highest BCUT2D eigenvalue weighted by atomic mass is 16.4. The van der Waals surface area contributed by atoms with E-state index in [-0.39, 0.29) is 6.42 Å². The van der Waals surface area contributed by atoms with Crippen LogP contribution in [0.5, 0.6) is 0 Å². The van der Waals surface area contributed by atoms with Crippen molar-refractivity contribution in [1.29, 1.82) is 0 Å². The minimum absolute atomic E-state index is 0.122. The highest BCUT2D eigenvalue weighted by Gasteiger charge is 2.10. The monoisotopic (exact) mass is 340 g/mol. The smallest absolute Gasteiger partial charge is 0.303 e. The number of allylic oxidation sites excluding steroid dienone is 1. The summed E-state index contributed by atoms with van der Waals surface area (Å²) < 4.78 is 0. The zero-order chi connectivity index (χ0) is 18.1. The average molecular weight is 340 g/mol. The number of hydrogen-bond donors (Lipinski definition) is 2. The molecule has 1 unspecified atom stereocenters. The Morgan fingerprint density at radius 2 is 2.00 bits per heavy atom. The summed E-state index contributed by atoms with van der Waals surface area (Å²) in [7, 11) is 0. The van der Waals surface area contributed by atoms with Crippen LogP contribution in [0.2, 0.25) is 0 Å². The number of hydrogen-bond acceptors (Lipinski definition) is 2. The summed E-state index contributed by atoms with van der Waals surface area (Å²) in [5.74, 6) is -0.790. The van der Waals surface area contributed by atoms with Gasteiger partial charge >= 0.3 is 5.97 Å². The number of aryl methyl sites for hydroxylation is 1. The minimum atomic E-state index is -0.790. The quantitative estimate of drug-likeness (QED) is 0.449. The van der Waals surface area contributed by atoms with Crippen LogP contribution >= 0.6 is 0 Å². The molecule has 0 aliphatic rings. The van der Waals surface area contributed by atoms with Gasteiger partial charge in [0.1, 0.15) is 0 Å². The van der Waals surface area contributed by atoms with E-state index in [1.807, 2.05) is 36.4 Å². The fraction of sp³-hybridized carbons (Fsp3) is 0.409. The second-order valence-electron chi connectivity index (χ2n) is 6.52. The summed E-state index contributed by atoms with van der Waals surface area (Å²) in [6, 6.07) is 11.9. The molecule has 0 spiro atoms. The Morgan fingerprint density at radius 1 is 1.16 bits per heavy atom. The van der Waals surface area contributed by atoms with Crippen LogP contribution < -0.4 is 0 Å². The highest BCUT2D eigenvalue weighted by molar-refractivity contribution is 5.86. The Bertz CT molecular complexity index is 718. The van der Waals surface area contributed by atoms with Crippen molar-refractivity contribution in [3.63, 3.8) is 0 Å². The van der Waals surface area contributed by atoms with Crippen molar-refractivity contribution in [3.05, 3.63) is 59.7 Å². The highest BCUT2D eigenvalue weighted by Crippen LogP contribution is 2.28. The molecule has 0 aromatic heterocycles. The summed E-state index contributed by atoms with van der Waals surface area (Å²) >= 11 is 0. The van der Waals surface area contributed by atoms with Crippen LogP contribution in [-0.4, -0.2) is 16.2 Å². The van der Waals surface area contributed by atoms with E-state index < -0.39 is 12.1 Å². The van der Waals surface area contributed by atoms with Gasteiger partial charge in [-0.2, -0.15) is 0 Å². The van der Waals surface area contributed by atoms with Crippen molar-refractivity contribution < 1.29 is 15.0 Å². The number of carboxylic acids is 1. The molecular weight excluding hydrogens is 312 g/mol. The molecule has 0 radical (unpaired) electrons. The Morgan fingerprint density at radius 3 is 2.76 bits per heavy atom. The Labute approximate surface area is 150 Å². The summed E-state index contributed by atoms with van der Waals surface area (Å²) in [5, 5.41) is 21.5. The van der Waals surface area contributed by atoms with Gasteiger partial charge in [0.2, 0.25) is 0 Å². The maximum atomic E-state index is 10.8. The lowest BCUT2D eigenvalue weighted by Gasteiger charge is -2.13. The van der Waals surface area contributed by atoms with Crippen molar-refractivity contribution in [1.82, 2.24) is 0 Å². The van der Waals surface area contributed by atoms with E-state index in [4.69, 9.17) is 5.11 Å². The van der Waals surface area contributed by atoms with Crippen molar-refractivity contribution >= 4 is 16.7 Å². The predicted molar refractivity (Wildman–Crippen MR) is 103 cm³/mol. The van der Waals surface area contributed by atoms with E-state index in [1.54, 1.807) is 0 Å². The number of carboxylic acid groups (broad SMARTS) is 1. The summed E-state index contributed by atoms with van der Waals surface area (Å²) in [6.45, 7) is 2.19. The van der Waals surface area contributed by atoms with Crippen molar-refractivity contribution in [2.75, 3.05) is 0 Å². The fourth-order valence-corrected chi connectivity index (χ4v) is 3.02. The van der Waals surface area contributed by atoms with Gasteiger partial charge in [-0.1, -0.05) is 68.3 Å². The predicted octanol–water partition coefficient (Wildman–Crippen LogP) is 5.42. The molecule has 0 bridgehead atoms. The third-order valence-electron chi connectivity index (χ3n) is 4.47. The van der Waals surface area contributed by atoms with E-state index in [0.717, 1.165) is 28.3 Å². The number of fused-ring (bicyclic) bond motifs is 1. The topological polar surface area (TPSA) is 57.5 Å². The molecule has 3 nitrogen and oxygen atoms in total. The molecule has 0 saturated heterocycles. The van der Waals surface area contributed by atoms with E-state index in [2.05, 4.69) is 19.1 Å². The number of carbonyl (C=O) groups is 1. The van der Waals surface area contributed by atoms with Gasteiger partial charge in [0.15, 0.2) is 0 Å². The number of benzene rings is 2. The number of rotatable bonds is 10. The third kappa shape index (κ3) is 6.02. The molecule has 1 atom stereocenters. The van der Waals surface area contributed by atoms with Gasteiger partial charge < -0.3 is 10.2 Å². The van der Waals surface area contributed by atoms with Crippen LogP contribution in [0.15, 0.2) is 48.6 Å². The van der Waals surface area contributed by atoms with Crippen LogP contribution in [0.1, 0.15) is 62.7 Å². The molecule has 0 saturated carbocycles. The van der Waals surface area contributed by atoms with Crippen LogP contribution in [0.4, 0.5) is 0 Å². The Kier molecular flexibility index (Phi) is 7.68. The zero-order valence-corrected chi connectivity index (χ0v) is 14.9. The molecule has 134 valence electrons. The lowest BCUT2D eigenvalue weighted by molar-refractivity contribution is -0.136. The third-order valence-corrected chi connectivity index (χ3v) is 4.47. The Hall–Kier alpha value is -2.13.